The van der Waals surface area contributed by atoms with Gasteiger partial charge in [0.05, 0.1) is 11.8 Å². The number of benzene rings is 2. The van der Waals surface area contributed by atoms with E-state index in [2.05, 4.69) is 22.5 Å². The third-order valence-electron chi connectivity index (χ3n) is 8.13. The van der Waals surface area contributed by atoms with Crippen LogP contribution in [0.3, 0.4) is 0 Å². The van der Waals surface area contributed by atoms with Crippen LogP contribution >= 0.6 is 0 Å². The number of Topliss-reactive ketones (excluding diaryl/α,β-unsaturated/α-hetero) is 2. The highest BCUT2D eigenvalue weighted by molar-refractivity contribution is 5.99. The van der Waals surface area contributed by atoms with Gasteiger partial charge in [-0.25, -0.2) is 19.2 Å². The molecular formula is C42H54N2O10. The molecule has 0 fully saturated rings. The van der Waals surface area contributed by atoms with Gasteiger partial charge in [-0.15, -0.1) is 0 Å². The monoisotopic (exact) mass is 746 g/mol. The normalized spacial score (nSPS) is 16.6. The van der Waals surface area contributed by atoms with Gasteiger partial charge in [-0.3, -0.25) is 9.59 Å². The molecule has 0 saturated carbocycles. The van der Waals surface area contributed by atoms with Crippen molar-refractivity contribution < 1.29 is 47.7 Å². The first kappa shape index (κ1) is 43.2. The summed E-state index contributed by atoms with van der Waals surface area (Å²) in [4.78, 5) is 76.3. The predicted octanol–water partition coefficient (Wildman–Crippen LogP) is 6.90. The first-order chi connectivity index (χ1) is 24.7. The second-order valence-corrected chi connectivity index (χ2v) is 17.4. The van der Waals surface area contributed by atoms with E-state index in [-0.39, 0.29) is 11.8 Å². The molecule has 0 saturated heterocycles. The maximum absolute atomic E-state index is 12.9. The zero-order valence-electron chi connectivity index (χ0n) is 33.4. The van der Waals surface area contributed by atoms with Gasteiger partial charge in [0.2, 0.25) is 0 Å². The lowest BCUT2D eigenvalue weighted by molar-refractivity contribution is -0.148. The van der Waals surface area contributed by atoms with Crippen LogP contribution in [0.2, 0.25) is 0 Å². The third-order valence-corrected chi connectivity index (χ3v) is 8.13. The second kappa shape index (κ2) is 16.9. The molecule has 4 atom stereocenters. The van der Waals surface area contributed by atoms with E-state index in [1.807, 2.05) is 0 Å². The molecule has 12 nitrogen and oxygen atoms in total. The molecule has 12 heteroatoms. The Hall–Kier alpha value is -5.18. The molecular weight excluding hydrogens is 692 g/mol. The molecule has 0 aliphatic heterocycles. The second-order valence-electron chi connectivity index (χ2n) is 17.4. The SMILES string of the molecule is CC(C)(C)OC(=O)N[C@H](C(=O)OCC(=O)c1ccc([C@H]2C#C[C@@H]2c2ccc(C(=O)COC(=O)[C@@H](NC(=O)OC(C)(C)C)C(C)(C)C)cc2)cc1)C(C)(C)C. The van der Waals surface area contributed by atoms with Crippen molar-refractivity contribution in [3.8, 4) is 11.8 Å². The average molecular weight is 747 g/mol. The fraction of sp³-hybridized carbons (Fsp3) is 0.524. The first-order valence-corrected chi connectivity index (χ1v) is 17.8. The summed E-state index contributed by atoms with van der Waals surface area (Å²) in [7, 11) is 0. The van der Waals surface area contributed by atoms with Crippen LogP contribution in [-0.4, -0.2) is 72.2 Å². The molecule has 0 bridgehead atoms. The van der Waals surface area contributed by atoms with Crippen molar-refractivity contribution in [2.75, 3.05) is 13.2 Å². The summed E-state index contributed by atoms with van der Waals surface area (Å²) < 4.78 is 21.2. The van der Waals surface area contributed by atoms with Gasteiger partial charge < -0.3 is 29.6 Å². The summed E-state index contributed by atoms with van der Waals surface area (Å²) in [5, 5.41) is 5.11. The van der Waals surface area contributed by atoms with Gasteiger partial charge in [0, 0.05) is 11.1 Å². The van der Waals surface area contributed by atoms with Crippen LogP contribution in [0.5, 0.6) is 0 Å². The van der Waals surface area contributed by atoms with Crippen LogP contribution in [0.15, 0.2) is 48.5 Å². The summed E-state index contributed by atoms with van der Waals surface area (Å²) in [6, 6.07) is 11.7. The predicted molar refractivity (Wildman–Crippen MR) is 202 cm³/mol. The summed E-state index contributed by atoms with van der Waals surface area (Å²) in [6.07, 6.45) is -1.52. The Morgan fingerprint density at radius 1 is 0.537 bits per heavy atom. The van der Waals surface area contributed by atoms with Crippen molar-refractivity contribution in [1.29, 1.82) is 0 Å². The smallest absolute Gasteiger partial charge is 0.408 e. The molecule has 2 aromatic rings. The van der Waals surface area contributed by atoms with Crippen molar-refractivity contribution in [2.45, 2.75) is 118 Å². The minimum absolute atomic E-state index is 0.146. The maximum atomic E-state index is 12.9. The molecule has 0 aromatic heterocycles. The molecule has 0 spiro atoms. The Morgan fingerprint density at radius 3 is 1.07 bits per heavy atom. The highest BCUT2D eigenvalue weighted by atomic mass is 16.6. The van der Waals surface area contributed by atoms with E-state index < -0.39 is 83.0 Å². The molecule has 0 radical (unpaired) electrons. The van der Waals surface area contributed by atoms with Crippen LogP contribution in [0.1, 0.15) is 127 Å². The molecule has 1 aliphatic carbocycles. The van der Waals surface area contributed by atoms with E-state index in [0.717, 1.165) is 11.1 Å². The van der Waals surface area contributed by atoms with Crippen LogP contribution in [0, 0.1) is 22.7 Å². The maximum Gasteiger partial charge on any atom is 0.408 e. The summed E-state index contributed by atoms with van der Waals surface area (Å²) in [5.41, 5.74) is -0.438. The van der Waals surface area contributed by atoms with E-state index in [1.165, 1.54) is 0 Å². The topological polar surface area (TPSA) is 163 Å². The largest absolute Gasteiger partial charge is 0.456 e. The zero-order valence-corrected chi connectivity index (χ0v) is 33.4. The quantitative estimate of drug-likeness (QED) is 0.101. The Bertz CT molecular complexity index is 1640. The molecule has 0 heterocycles. The van der Waals surface area contributed by atoms with Crippen molar-refractivity contribution in [2.24, 2.45) is 10.8 Å². The average Bonchev–Trinajstić information content (AvgIpc) is 3.01. The lowest BCUT2D eigenvalue weighted by Gasteiger charge is -2.30. The number of nitrogens with one attached hydrogen (secondary N) is 2. The van der Waals surface area contributed by atoms with Gasteiger partial charge in [-0.05, 0) is 63.5 Å². The van der Waals surface area contributed by atoms with Crippen LogP contribution in [0.4, 0.5) is 9.59 Å². The minimum Gasteiger partial charge on any atom is -0.456 e. The van der Waals surface area contributed by atoms with Gasteiger partial charge in [-0.2, -0.15) is 0 Å². The van der Waals surface area contributed by atoms with E-state index in [9.17, 15) is 28.8 Å². The third kappa shape index (κ3) is 12.7. The summed E-state index contributed by atoms with van der Waals surface area (Å²) in [6.45, 7) is 19.9. The molecule has 3 rings (SSSR count). The van der Waals surface area contributed by atoms with E-state index in [4.69, 9.17) is 18.9 Å². The molecule has 1 aliphatic rings. The van der Waals surface area contributed by atoms with Crippen LogP contribution in [-0.2, 0) is 28.5 Å². The molecule has 2 N–H and O–H groups in total. The van der Waals surface area contributed by atoms with E-state index >= 15 is 0 Å². The van der Waals surface area contributed by atoms with Gasteiger partial charge in [0.25, 0.3) is 0 Å². The number of rotatable bonds is 12. The van der Waals surface area contributed by atoms with Crippen molar-refractivity contribution in [3.05, 3.63) is 70.8 Å². The molecule has 2 aromatic carbocycles. The summed E-state index contributed by atoms with van der Waals surface area (Å²) in [5.74, 6) is 3.72. The molecule has 2 amide bonds. The Balaban J connectivity index is 1.56. The highest BCUT2D eigenvalue weighted by Crippen LogP contribution is 2.38. The molecule has 54 heavy (non-hydrogen) atoms. The van der Waals surface area contributed by atoms with Gasteiger partial charge >= 0.3 is 24.1 Å². The number of carbonyl (C=O) groups is 6. The fourth-order valence-electron chi connectivity index (χ4n) is 5.27. The number of hydrogen-bond donors (Lipinski definition) is 2. The van der Waals surface area contributed by atoms with E-state index in [0.29, 0.717) is 11.1 Å². The number of carbonyl (C=O) groups excluding carboxylic acids is 6. The number of esters is 2. The van der Waals surface area contributed by atoms with Crippen molar-refractivity contribution >= 4 is 35.7 Å². The van der Waals surface area contributed by atoms with Gasteiger partial charge in [-0.1, -0.05) is 102 Å². The molecule has 0 unspecified atom stereocenters. The van der Waals surface area contributed by atoms with Crippen LogP contribution < -0.4 is 10.6 Å². The standard InChI is InChI=1S/C42H54N2O10/c1-39(2,3)33(43-37(49)53-41(7,8)9)35(47)51-23-31(45)27-17-13-25(14-18-27)29-21-22-30(29)26-15-19-28(20-16-26)32(46)24-52-36(48)34(40(4,5)6)44-38(50)54-42(10,11)12/h13-20,29-30,33-34H,23-24H2,1-12H3,(H,43,49)(H,44,50)/t29-,30-,33-,34-/m1/s1. The zero-order chi connectivity index (χ0) is 40.8. The lowest BCUT2D eigenvalue weighted by Crippen LogP contribution is -2.51. The van der Waals surface area contributed by atoms with Gasteiger partial charge in [0.1, 0.15) is 23.3 Å². The number of hydrogen-bond acceptors (Lipinski definition) is 10. The van der Waals surface area contributed by atoms with Crippen LogP contribution in [0.25, 0.3) is 0 Å². The number of ether oxygens (including phenoxy) is 4. The van der Waals surface area contributed by atoms with Gasteiger partial charge in [0.15, 0.2) is 24.8 Å². The fourth-order valence-corrected chi connectivity index (χ4v) is 5.27. The van der Waals surface area contributed by atoms with Crippen molar-refractivity contribution in [3.63, 3.8) is 0 Å². The Morgan fingerprint density at radius 2 is 0.833 bits per heavy atom. The number of amides is 2. The number of ketones is 2. The van der Waals surface area contributed by atoms with Crippen molar-refractivity contribution in [1.82, 2.24) is 10.6 Å². The first-order valence-electron chi connectivity index (χ1n) is 17.8. The Labute approximate surface area is 318 Å². The lowest BCUT2D eigenvalue weighted by atomic mass is 9.76. The highest BCUT2D eigenvalue weighted by Gasteiger charge is 2.37. The summed E-state index contributed by atoms with van der Waals surface area (Å²) >= 11 is 0. The van der Waals surface area contributed by atoms with E-state index in [1.54, 1.807) is 132 Å². The molecule has 292 valence electrons. The Kier molecular flexibility index (Phi) is 13.5. The minimum atomic E-state index is -1.04. The number of alkyl carbamates (subject to hydrolysis) is 2.